The van der Waals surface area contributed by atoms with Crippen LogP contribution >= 0.6 is 0 Å². The zero-order chi connectivity index (χ0) is 23.4. The number of esters is 1. The van der Waals surface area contributed by atoms with Crippen LogP contribution < -0.4 is 5.32 Å². The molecule has 5 nitrogen and oxygen atoms in total. The number of hydrogen-bond donors (Lipinski definition) is 2. The Balaban J connectivity index is 1.44. The summed E-state index contributed by atoms with van der Waals surface area (Å²) in [5.74, 6) is -2.21. The number of ether oxygens (including phenoxy) is 1. The van der Waals surface area contributed by atoms with Crippen molar-refractivity contribution in [3.8, 4) is 11.1 Å². The first kappa shape index (κ1) is 22.5. The normalized spacial score (nSPS) is 12.6. The Hall–Kier alpha value is -3.65. The number of nitrogens with zero attached hydrogens (tertiary/aromatic N) is 1. The molecular weight excluding hydrogens is 431 g/mol. The maximum atomic E-state index is 12.7. The summed E-state index contributed by atoms with van der Waals surface area (Å²) in [6, 6.07) is 20.9. The first-order valence-electron chi connectivity index (χ1n) is 10.4. The summed E-state index contributed by atoms with van der Waals surface area (Å²) in [5, 5.41) is 2.93. The van der Waals surface area contributed by atoms with Gasteiger partial charge in [-0.1, -0.05) is 60.2 Å². The van der Waals surface area contributed by atoms with Crippen LogP contribution in [0, 0.1) is 6.92 Å². The molecule has 4 aromatic rings. The van der Waals surface area contributed by atoms with Gasteiger partial charge in [-0.05, 0) is 41.3 Å². The summed E-state index contributed by atoms with van der Waals surface area (Å²) in [6.45, 7) is 2.15. The quantitative estimate of drug-likeness (QED) is 0.294. The van der Waals surface area contributed by atoms with Crippen LogP contribution in [0.15, 0.2) is 73.1 Å². The molecule has 0 spiro atoms. The second-order valence-corrected chi connectivity index (χ2v) is 7.79. The number of benzene rings is 3. The highest BCUT2D eigenvalue weighted by Crippen LogP contribution is 2.23. The van der Waals surface area contributed by atoms with Crippen LogP contribution in [0.1, 0.15) is 16.7 Å². The molecule has 0 amide bonds. The summed E-state index contributed by atoms with van der Waals surface area (Å²) in [6.07, 6.45) is -4.42. The van der Waals surface area contributed by atoms with Crippen LogP contribution in [0.2, 0.25) is 0 Å². The summed E-state index contributed by atoms with van der Waals surface area (Å²) >= 11 is 0. The van der Waals surface area contributed by atoms with Gasteiger partial charge in [0, 0.05) is 13.0 Å². The molecule has 33 heavy (non-hydrogen) atoms. The van der Waals surface area contributed by atoms with Crippen molar-refractivity contribution in [3.63, 3.8) is 0 Å². The maximum absolute atomic E-state index is 12.7. The van der Waals surface area contributed by atoms with Crippen molar-refractivity contribution in [1.29, 1.82) is 0 Å². The van der Waals surface area contributed by atoms with E-state index in [2.05, 4.69) is 15.3 Å². The van der Waals surface area contributed by atoms with E-state index in [0.29, 0.717) is 0 Å². The Morgan fingerprint density at radius 3 is 2.36 bits per heavy atom. The number of aryl methyl sites for hydroxylation is 1. The average molecular weight is 453 g/mol. The van der Waals surface area contributed by atoms with Crippen LogP contribution in [0.4, 0.5) is 13.2 Å². The van der Waals surface area contributed by atoms with Crippen molar-refractivity contribution < 1.29 is 22.7 Å². The first-order chi connectivity index (χ1) is 15.8. The molecule has 0 aliphatic heterocycles. The Morgan fingerprint density at radius 1 is 1.00 bits per heavy atom. The minimum atomic E-state index is -5.05. The molecule has 170 valence electrons. The third-order valence-electron chi connectivity index (χ3n) is 5.26. The molecule has 0 aliphatic rings. The Morgan fingerprint density at radius 2 is 1.67 bits per heavy atom. The third kappa shape index (κ3) is 5.78. The number of carbonyl (C=O) groups is 1. The smallest absolute Gasteiger partial charge is 0.440 e. The van der Waals surface area contributed by atoms with E-state index in [9.17, 15) is 18.0 Å². The van der Waals surface area contributed by atoms with Crippen LogP contribution in [0.25, 0.3) is 22.2 Å². The number of imidazole rings is 1. The van der Waals surface area contributed by atoms with Gasteiger partial charge in [0.2, 0.25) is 0 Å². The topological polar surface area (TPSA) is 67.0 Å². The predicted molar refractivity (Wildman–Crippen MR) is 119 cm³/mol. The fourth-order valence-corrected chi connectivity index (χ4v) is 3.45. The van der Waals surface area contributed by atoms with Gasteiger partial charge in [-0.3, -0.25) is 5.32 Å². The number of nitrogens with one attached hydrogen (secondary N) is 2. The highest BCUT2D eigenvalue weighted by atomic mass is 19.4. The van der Waals surface area contributed by atoms with Crippen LogP contribution in [-0.4, -0.2) is 28.3 Å². The molecule has 4 rings (SSSR count). The Labute approximate surface area is 188 Å². The highest BCUT2D eigenvalue weighted by Gasteiger charge is 2.42. The lowest BCUT2D eigenvalue weighted by molar-refractivity contribution is -0.206. The maximum Gasteiger partial charge on any atom is 0.490 e. The first-order valence-corrected chi connectivity index (χ1v) is 10.4. The number of aromatic nitrogens is 2. The van der Waals surface area contributed by atoms with E-state index in [4.69, 9.17) is 4.74 Å². The fourth-order valence-electron chi connectivity index (χ4n) is 3.45. The van der Waals surface area contributed by atoms with Crippen LogP contribution in [0.3, 0.4) is 0 Å². The number of rotatable bonds is 7. The van der Waals surface area contributed by atoms with E-state index < -0.39 is 18.4 Å². The number of hydrogen-bond acceptors (Lipinski definition) is 4. The third-order valence-corrected chi connectivity index (χ3v) is 5.26. The number of H-pyrrole nitrogens is 1. The zero-order valence-corrected chi connectivity index (χ0v) is 17.8. The monoisotopic (exact) mass is 453 g/mol. The molecule has 1 unspecified atom stereocenters. The van der Waals surface area contributed by atoms with Crippen molar-refractivity contribution in [1.82, 2.24) is 15.3 Å². The summed E-state index contributed by atoms with van der Waals surface area (Å²) in [4.78, 5) is 18.7. The lowest BCUT2D eigenvalue weighted by Crippen LogP contribution is -2.39. The molecule has 1 aromatic heterocycles. The van der Waals surface area contributed by atoms with Gasteiger partial charge in [-0.15, -0.1) is 0 Å². The van der Waals surface area contributed by atoms with E-state index in [1.54, 1.807) is 18.5 Å². The van der Waals surface area contributed by atoms with Gasteiger partial charge < -0.3 is 9.72 Å². The van der Waals surface area contributed by atoms with Crippen molar-refractivity contribution >= 4 is 17.0 Å². The lowest BCUT2D eigenvalue weighted by atomic mass is 10.0. The molecule has 0 saturated heterocycles. The highest BCUT2D eigenvalue weighted by molar-refractivity contribution is 5.81. The van der Waals surface area contributed by atoms with Crippen molar-refractivity contribution in [3.05, 3.63) is 89.7 Å². The molecule has 0 fully saturated rings. The SMILES string of the molecule is Cc1ccc(CC(NCc2ccc(-c3ccc4nc[nH]c4c3)cc2)OC(=O)C(F)(F)F)cc1. The molecule has 0 saturated carbocycles. The van der Waals surface area contributed by atoms with Gasteiger partial charge in [-0.25, -0.2) is 9.78 Å². The molecule has 0 radical (unpaired) electrons. The molecule has 0 aliphatic carbocycles. The Kier molecular flexibility index (Phi) is 6.46. The number of carbonyl (C=O) groups excluding carboxylic acids is 1. The van der Waals surface area contributed by atoms with Crippen molar-refractivity contribution in [2.24, 2.45) is 0 Å². The lowest BCUT2D eigenvalue weighted by Gasteiger charge is -2.20. The molecule has 3 aromatic carbocycles. The fraction of sp³-hybridized carbons (Fsp3) is 0.200. The second kappa shape index (κ2) is 9.46. The summed E-state index contributed by atoms with van der Waals surface area (Å²) in [7, 11) is 0. The van der Waals surface area contributed by atoms with Crippen LogP contribution in [0.5, 0.6) is 0 Å². The van der Waals surface area contributed by atoms with E-state index >= 15 is 0 Å². The van der Waals surface area contributed by atoms with Crippen molar-refractivity contribution in [2.75, 3.05) is 0 Å². The molecule has 0 bridgehead atoms. The predicted octanol–water partition coefficient (Wildman–Crippen LogP) is 5.30. The molecule has 2 N–H and O–H groups in total. The molecule has 1 atom stereocenters. The van der Waals surface area contributed by atoms with Gasteiger partial charge in [0.25, 0.3) is 0 Å². The van der Waals surface area contributed by atoms with Crippen LogP contribution in [-0.2, 0) is 22.5 Å². The summed E-state index contributed by atoms with van der Waals surface area (Å²) < 4.78 is 42.9. The average Bonchev–Trinajstić information content (AvgIpc) is 3.26. The Bertz CT molecular complexity index is 1230. The summed E-state index contributed by atoms with van der Waals surface area (Å²) in [5.41, 5.74) is 6.46. The second-order valence-electron chi connectivity index (χ2n) is 7.79. The minimum Gasteiger partial charge on any atom is -0.440 e. The van der Waals surface area contributed by atoms with E-state index in [0.717, 1.165) is 38.9 Å². The van der Waals surface area contributed by atoms with Gasteiger partial charge in [0.1, 0.15) is 0 Å². The van der Waals surface area contributed by atoms with E-state index in [1.807, 2.05) is 61.5 Å². The number of halogens is 3. The van der Waals surface area contributed by atoms with E-state index in [1.165, 1.54) is 0 Å². The molecular formula is C25H22F3N3O2. The minimum absolute atomic E-state index is 0.115. The van der Waals surface area contributed by atoms with Gasteiger partial charge in [-0.2, -0.15) is 13.2 Å². The van der Waals surface area contributed by atoms with Gasteiger partial charge in [0.05, 0.1) is 17.4 Å². The van der Waals surface area contributed by atoms with Crippen molar-refractivity contribution in [2.45, 2.75) is 32.3 Å². The number of alkyl halides is 3. The van der Waals surface area contributed by atoms with Gasteiger partial charge >= 0.3 is 12.1 Å². The van der Waals surface area contributed by atoms with E-state index in [-0.39, 0.29) is 13.0 Å². The number of aromatic amines is 1. The van der Waals surface area contributed by atoms with Gasteiger partial charge in [0.15, 0.2) is 6.23 Å². The molecule has 8 heteroatoms. The largest absolute Gasteiger partial charge is 0.490 e. The number of fused-ring (bicyclic) bond motifs is 1. The zero-order valence-electron chi connectivity index (χ0n) is 17.8. The molecule has 1 heterocycles. The standard InChI is InChI=1S/C25H22F3N3O2/c1-16-2-4-17(5-3-16)12-23(33-24(32)25(26,27)28)29-14-18-6-8-19(9-7-18)20-10-11-21-22(13-20)31-15-30-21/h2-11,13,15,23,29H,12,14H2,1H3,(H,30,31).